The zero-order chi connectivity index (χ0) is 23.7. The minimum atomic E-state index is -0.921. The molecule has 0 aliphatic heterocycles. The average molecular weight is 461 g/mol. The number of hydrogen-bond acceptors (Lipinski definition) is 6. The molecule has 0 heterocycles. The summed E-state index contributed by atoms with van der Waals surface area (Å²) in [6.07, 6.45) is 0.611. The Morgan fingerprint density at radius 2 is 1.56 bits per heavy atom. The molecule has 0 aromatic heterocycles. The van der Waals surface area contributed by atoms with Crippen molar-refractivity contribution in [2.75, 3.05) is 19.0 Å². The summed E-state index contributed by atoms with van der Waals surface area (Å²) in [5.41, 5.74) is 1.11. The zero-order valence-electron chi connectivity index (χ0n) is 18.0. The van der Waals surface area contributed by atoms with Crippen LogP contribution in [0.2, 0.25) is 5.02 Å². The highest BCUT2D eigenvalue weighted by Crippen LogP contribution is 2.14. The molecule has 0 aliphatic carbocycles. The van der Waals surface area contributed by atoms with Gasteiger partial charge in [-0.15, -0.1) is 0 Å². The second-order valence-corrected chi connectivity index (χ2v) is 7.50. The third-order valence-corrected chi connectivity index (χ3v) is 5.05. The number of carbonyl (C=O) groups excluding carboxylic acids is 4. The summed E-state index contributed by atoms with van der Waals surface area (Å²) in [6, 6.07) is 11.4. The lowest BCUT2D eigenvalue weighted by Gasteiger charge is -2.22. The fraction of sp³-hybridized carbons (Fsp3) is 0.304. The summed E-state index contributed by atoms with van der Waals surface area (Å²) >= 11 is 5.84. The Hall–Kier alpha value is -3.39. The molecule has 32 heavy (non-hydrogen) atoms. The van der Waals surface area contributed by atoms with Crippen LogP contribution in [0.25, 0.3) is 0 Å². The normalized spacial score (nSPS) is 12.2. The number of methoxy groups -OCH3 is 1. The van der Waals surface area contributed by atoms with Crippen molar-refractivity contribution in [2.45, 2.75) is 26.3 Å². The molecule has 0 saturated heterocycles. The minimum absolute atomic E-state index is 0.215. The van der Waals surface area contributed by atoms with Crippen LogP contribution in [0.3, 0.4) is 0 Å². The Balaban J connectivity index is 1.94. The van der Waals surface area contributed by atoms with Gasteiger partial charge in [0.05, 0.1) is 12.7 Å². The van der Waals surface area contributed by atoms with Crippen molar-refractivity contribution >= 4 is 41.0 Å². The van der Waals surface area contributed by atoms with E-state index in [4.69, 9.17) is 16.3 Å². The van der Waals surface area contributed by atoms with Crippen molar-refractivity contribution < 1.29 is 28.7 Å². The van der Waals surface area contributed by atoms with E-state index < -0.39 is 36.4 Å². The van der Waals surface area contributed by atoms with Gasteiger partial charge in [-0.05, 0) is 54.4 Å². The topological polar surface area (TPSA) is 111 Å². The summed E-state index contributed by atoms with van der Waals surface area (Å²) in [4.78, 5) is 48.7. The fourth-order valence-corrected chi connectivity index (χ4v) is 2.85. The van der Waals surface area contributed by atoms with Crippen LogP contribution in [-0.2, 0) is 19.1 Å². The van der Waals surface area contributed by atoms with E-state index in [1.807, 2.05) is 6.92 Å². The van der Waals surface area contributed by atoms with Gasteiger partial charge in [0.25, 0.3) is 11.8 Å². The van der Waals surface area contributed by atoms with E-state index in [0.29, 0.717) is 28.3 Å². The van der Waals surface area contributed by atoms with E-state index >= 15 is 0 Å². The Labute approximate surface area is 191 Å². The van der Waals surface area contributed by atoms with Crippen LogP contribution in [0.5, 0.6) is 0 Å². The number of nitrogens with one attached hydrogen (secondary N) is 2. The summed E-state index contributed by atoms with van der Waals surface area (Å²) in [5, 5.41) is 5.73. The second-order valence-electron chi connectivity index (χ2n) is 7.07. The maximum Gasteiger partial charge on any atom is 0.337 e. The minimum Gasteiger partial charge on any atom is -0.465 e. The molecule has 0 aliphatic rings. The fourth-order valence-electron chi connectivity index (χ4n) is 2.73. The quantitative estimate of drug-likeness (QED) is 0.554. The largest absolute Gasteiger partial charge is 0.465 e. The third-order valence-electron chi connectivity index (χ3n) is 4.80. The summed E-state index contributed by atoms with van der Waals surface area (Å²) in [7, 11) is 1.27. The van der Waals surface area contributed by atoms with Gasteiger partial charge in [-0.25, -0.2) is 9.59 Å². The third kappa shape index (κ3) is 7.09. The molecule has 2 amide bonds. The number of anilines is 1. The molecule has 2 atom stereocenters. The molecular weight excluding hydrogens is 436 g/mol. The monoisotopic (exact) mass is 460 g/mol. The molecule has 2 rings (SSSR count). The summed E-state index contributed by atoms with van der Waals surface area (Å²) < 4.78 is 9.75. The van der Waals surface area contributed by atoms with E-state index in [1.165, 1.54) is 31.4 Å². The lowest BCUT2D eigenvalue weighted by molar-refractivity contribution is -0.150. The summed E-state index contributed by atoms with van der Waals surface area (Å²) in [5.74, 6) is -2.42. The first-order chi connectivity index (χ1) is 15.2. The van der Waals surface area contributed by atoms with Crippen molar-refractivity contribution in [1.82, 2.24) is 5.32 Å². The van der Waals surface area contributed by atoms with Crippen molar-refractivity contribution in [3.05, 3.63) is 64.7 Å². The molecule has 2 aromatic rings. The van der Waals surface area contributed by atoms with E-state index in [-0.39, 0.29) is 5.92 Å². The van der Waals surface area contributed by atoms with Crippen molar-refractivity contribution in [3.63, 3.8) is 0 Å². The van der Waals surface area contributed by atoms with E-state index in [2.05, 4.69) is 15.4 Å². The van der Waals surface area contributed by atoms with Crippen LogP contribution in [0.4, 0.5) is 5.69 Å². The van der Waals surface area contributed by atoms with Crippen LogP contribution < -0.4 is 10.6 Å². The lowest BCUT2D eigenvalue weighted by Crippen LogP contribution is -2.46. The van der Waals surface area contributed by atoms with E-state index in [1.54, 1.807) is 31.2 Å². The van der Waals surface area contributed by atoms with Gasteiger partial charge in [-0.1, -0.05) is 31.9 Å². The first-order valence-electron chi connectivity index (χ1n) is 9.96. The number of halogens is 1. The highest BCUT2D eigenvalue weighted by molar-refractivity contribution is 6.30. The van der Waals surface area contributed by atoms with Crippen LogP contribution in [0, 0.1) is 5.92 Å². The average Bonchev–Trinajstić information content (AvgIpc) is 2.80. The number of rotatable bonds is 9. The maximum atomic E-state index is 12.6. The SMILES string of the molecule is CC[C@H](C)[C@H](NC(=O)c1ccc(Cl)cc1)C(=O)OCC(=O)Nc1ccc(C(=O)OC)cc1. The highest BCUT2D eigenvalue weighted by atomic mass is 35.5. The number of carbonyl (C=O) groups is 4. The molecule has 0 fully saturated rings. The predicted molar refractivity (Wildman–Crippen MR) is 120 cm³/mol. The number of hydrogen-bond donors (Lipinski definition) is 2. The second kappa shape index (κ2) is 11.9. The number of benzene rings is 2. The van der Waals surface area contributed by atoms with Gasteiger partial charge in [0.1, 0.15) is 6.04 Å². The molecule has 9 heteroatoms. The smallest absolute Gasteiger partial charge is 0.337 e. The van der Waals surface area contributed by atoms with Crippen molar-refractivity contribution in [2.24, 2.45) is 5.92 Å². The number of amides is 2. The molecule has 0 spiro atoms. The molecule has 0 radical (unpaired) electrons. The maximum absolute atomic E-state index is 12.6. The van der Waals surface area contributed by atoms with Crippen LogP contribution in [0.1, 0.15) is 41.0 Å². The lowest BCUT2D eigenvalue weighted by atomic mass is 9.99. The van der Waals surface area contributed by atoms with Crippen LogP contribution >= 0.6 is 11.6 Å². The van der Waals surface area contributed by atoms with Gasteiger partial charge < -0.3 is 20.1 Å². The first kappa shape index (κ1) is 24.9. The molecule has 0 saturated carbocycles. The van der Waals surface area contributed by atoms with E-state index in [0.717, 1.165) is 0 Å². The van der Waals surface area contributed by atoms with Gasteiger partial charge in [0, 0.05) is 16.3 Å². The Bertz CT molecular complexity index is 959. The molecule has 2 N–H and O–H groups in total. The van der Waals surface area contributed by atoms with Crippen molar-refractivity contribution in [1.29, 1.82) is 0 Å². The predicted octanol–water partition coefficient (Wildman–Crippen LogP) is 3.45. The molecule has 8 nitrogen and oxygen atoms in total. The summed E-state index contributed by atoms with van der Waals surface area (Å²) in [6.45, 7) is 3.16. The Kier molecular flexibility index (Phi) is 9.22. The standard InChI is InChI=1S/C23H25ClN2O6/c1-4-14(2)20(26-21(28)15-5-9-17(24)10-6-15)23(30)32-13-19(27)25-18-11-7-16(8-12-18)22(29)31-3/h5-12,14,20H,4,13H2,1-3H3,(H,25,27)(H,26,28)/t14-,20-/m0/s1. The Morgan fingerprint density at radius 1 is 0.969 bits per heavy atom. The molecular formula is C23H25ClN2O6. The number of ether oxygens (including phenoxy) is 2. The highest BCUT2D eigenvalue weighted by Gasteiger charge is 2.28. The number of esters is 2. The molecule has 0 unspecified atom stereocenters. The first-order valence-corrected chi connectivity index (χ1v) is 10.3. The van der Waals surface area contributed by atoms with Crippen molar-refractivity contribution in [3.8, 4) is 0 Å². The van der Waals surface area contributed by atoms with Gasteiger partial charge >= 0.3 is 11.9 Å². The Morgan fingerprint density at radius 3 is 2.12 bits per heavy atom. The molecule has 170 valence electrons. The van der Waals surface area contributed by atoms with Gasteiger partial charge in [0.2, 0.25) is 0 Å². The zero-order valence-corrected chi connectivity index (χ0v) is 18.8. The molecule has 2 aromatic carbocycles. The van der Waals surface area contributed by atoms with Gasteiger partial charge in [0.15, 0.2) is 6.61 Å². The van der Waals surface area contributed by atoms with Crippen LogP contribution in [-0.4, -0.2) is 43.5 Å². The van der Waals surface area contributed by atoms with Gasteiger partial charge in [-0.2, -0.15) is 0 Å². The molecule has 0 bridgehead atoms. The van der Waals surface area contributed by atoms with Gasteiger partial charge in [-0.3, -0.25) is 9.59 Å². The van der Waals surface area contributed by atoms with E-state index in [9.17, 15) is 19.2 Å². The van der Waals surface area contributed by atoms with Crippen LogP contribution in [0.15, 0.2) is 48.5 Å².